The topological polar surface area (TPSA) is 64.4 Å². The average Bonchev–Trinajstić information content (AvgIpc) is 2.75. The molecule has 0 unspecified atom stereocenters. The van der Waals surface area contributed by atoms with E-state index in [1.54, 1.807) is 21.9 Å². The van der Waals surface area contributed by atoms with Crippen molar-refractivity contribution in [2.24, 2.45) is 0 Å². The average molecular weight is 432 g/mol. The number of piperazine rings is 1. The zero-order valence-electron chi connectivity index (χ0n) is 15.6. The highest BCUT2D eigenvalue weighted by atomic mass is 35.5. The lowest BCUT2D eigenvalue weighted by atomic mass is 10.1. The number of amides is 2. The zero-order valence-corrected chi connectivity index (χ0v) is 17.2. The minimum absolute atomic E-state index is 0.0182. The number of carbonyl (C=O) groups excluding carboxylic acids is 2. The second-order valence-corrected chi connectivity index (χ2v) is 8.02. The summed E-state index contributed by atoms with van der Waals surface area (Å²) in [5, 5.41) is 9.12. The molecule has 29 heavy (non-hydrogen) atoms. The third-order valence-corrected chi connectivity index (χ3v) is 5.88. The molecule has 0 bridgehead atoms. The molecule has 0 saturated carbocycles. The van der Waals surface area contributed by atoms with E-state index in [0.29, 0.717) is 48.3 Å². The van der Waals surface area contributed by atoms with Crippen LogP contribution in [0.3, 0.4) is 0 Å². The smallest absolute Gasteiger partial charge is 0.257 e. The Balaban J connectivity index is 1.46. The van der Waals surface area contributed by atoms with Gasteiger partial charge in [0.25, 0.3) is 5.91 Å². The van der Waals surface area contributed by atoms with Gasteiger partial charge in [-0.1, -0.05) is 23.7 Å². The fourth-order valence-corrected chi connectivity index (χ4v) is 4.07. The Labute approximate surface area is 178 Å². The molecule has 2 amide bonds. The molecule has 5 nitrogen and oxygen atoms in total. The second-order valence-electron chi connectivity index (χ2n) is 6.60. The van der Waals surface area contributed by atoms with E-state index in [4.69, 9.17) is 16.9 Å². The fraction of sp³-hybridized carbons (Fsp3) is 0.286. The number of nitrogens with zero attached hydrogens (tertiary/aromatic N) is 3. The predicted molar refractivity (Wildman–Crippen MR) is 111 cm³/mol. The van der Waals surface area contributed by atoms with Crippen molar-refractivity contribution in [3.63, 3.8) is 0 Å². The Morgan fingerprint density at radius 1 is 1.07 bits per heavy atom. The largest absolute Gasteiger partial charge is 0.338 e. The van der Waals surface area contributed by atoms with Crippen LogP contribution < -0.4 is 0 Å². The summed E-state index contributed by atoms with van der Waals surface area (Å²) in [7, 11) is 0. The van der Waals surface area contributed by atoms with Crippen molar-refractivity contribution in [2.45, 2.75) is 5.75 Å². The van der Waals surface area contributed by atoms with Crippen molar-refractivity contribution in [1.82, 2.24) is 9.80 Å². The van der Waals surface area contributed by atoms with Gasteiger partial charge in [0.05, 0.1) is 22.9 Å². The first kappa shape index (κ1) is 21.2. The quantitative estimate of drug-likeness (QED) is 0.726. The minimum atomic E-state index is -0.600. The molecule has 1 aliphatic heterocycles. The Hall–Kier alpha value is -2.56. The highest BCUT2D eigenvalue weighted by Gasteiger charge is 2.26. The number of rotatable bonds is 5. The van der Waals surface area contributed by atoms with Gasteiger partial charge < -0.3 is 9.80 Å². The normalized spacial score (nSPS) is 13.8. The standard InChI is InChI=1S/C21H19ClFN3O2S/c22-17-5-6-19(23)18(11-17)21(28)26-9-7-25(8-10-26)20(27)14-29-13-16-3-1-15(12-24)2-4-16/h1-6,11H,7-10,13-14H2. The van der Waals surface area contributed by atoms with Crippen molar-refractivity contribution >= 4 is 35.2 Å². The van der Waals surface area contributed by atoms with Crippen LogP contribution in [0.2, 0.25) is 5.02 Å². The molecule has 150 valence electrons. The summed E-state index contributed by atoms with van der Waals surface area (Å²) in [5.74, 6) is 0.0370. The van der Waals surface area contributed by atoms with Crippen molar-refractivity contribution in [3.8, 4) is 6.07 Å². The highest BCUT2D eigenvalue weighted by molar-refractivity contribution is 7.99. The summed E-state index contributed by atoms with van der Waals surface area (Å²) in [6.45, 7) is 1.56. The maximum absolute atomic E-state index is 13.9. The van der Waals surface area contributed by atoms with Gasteiger partial charge in [-0.3, -0.25) is 9.59 Å². The number of hydrogen-bond donors (Lipinski definition) is 0. The van der Waals surface area contributed by atoms with Crippen molar-refractivity contribution < 1.29 is 14.0 Å². The van der Waals surface area contributed by atoms with E-state index in [-0.39, 0.29) is 11.5 Å². The third-order valence-electron chi connectivity index (χ3n) is 4.66. The number of halogens is 2. The molecule has 3 rings (SSSR count). The molecule has 1 heterocycles. The van der Waals surface area contributed by atoms with Crippen LogP contribution >= 0.6 is 23.4 Å². The van der Waals surface area contributed by atoms with Gasteiger partial charge in [0.2, 0.25) is 5.91 Å². The van der Waals surface area contributed by atoms with Crippen LogP contribution in [-0.2, 0) is 10.5 Å². The number of hydrogen-bond acceptors (Lipinski definition) is 4. The van der Waals surface area contributed by atoms with E-state index in [9.17, 15) is 14.0 Å². The van der Waals surface area contributed by atoms with E-state index >= 15 is 0 Å². The maximum Gasteiger partial charge on any atom is 0.257 e. The summed E-state index contributed by atoms with van der Waals surface area (Å²) < 4.78 is 13.9. The monoisotopic (exact) mass is 431 g/mol. The molecule has 8 heteroatoms. The Morgan fingerprint density at radius 3 is 2.38 bits per heavy atom. The molecule has 1 saturated heterocycles. The van der Waals surface area contributed by atoms with Gasteiger partial charge in [-0.05, 0) is 35.9 Å². The maximum atomic E-state index is 13.9. The Morgan fingerprint density at radius 2 is 1.72 bits per heavy atom. The van der Waals surface area contributed by atoms with Crippen molar-refractivity contribution in [2.75, 3.05) is 31.9 Å². The lowest BCUT2D eigenvalue weighted by molar-refractivity contribution is -0.129. The molecule has 2 aromatic carbocycles. The summed E-state index contributed by atoms with van der Waals surface area (Å²) in [6.07, 6.45) is 0. The summed E-state index contributed by atoms with van der Waals surface area (Å²) in [6, 6.07) is 13.3. The molecule has 0 aromatic heterocycles. The van der Waals surface area contributed by atoms with Crippen LogP contribution in [-0.4, -0.2) is 53.5 Å². The van der Waals surface area contributed by atoms with E-state index in [2.05, 4.69) is 6.07 Å². The molecular formula is C21H19ClFN3O2S. The molecule has 0 atom stereocenters. The van der Waals surface area contributed by atoms with Gasteiger partial charge in [-0.25, -0.2) is 4.39 Å². The van der Waals surface area contributed by atoms with Gasteiger partial charge in [-0.15, -0.1) is 11.8 Å². The second kappa shape index (κ2) is 9.77. The highest BCUT2D eigenvalue weighted by Crippen LogP contribution is 2.18. The molecule has 0 radical (unpaired) electrons. The van der Waals surface area contributed by atoms with Crippen molar-refractivity contribution in [3.05, 3.63) is 70.0 Å². The van der Waals surface area contributed by atoms with Gasteiger partial charge >= 0.3 is 0 Å². The van der Waals surface area contributed by atoms with E-state index in [0.717, 1.165) is 5.56 Å². The Kier molecular flexibility index (Phi) is 7.13. The van der Waals surface area contributed by atoms with Crippen LogP contribution in [0.25, 0.3) is 0 Å². The van der Waals surface area contributed by atoms with Crippen LogP contribution in [0, 0.1) is 17.1 Å². The van der Waals surface area contributed by atoms with Crippen molar-refractivity contribution in [1.29, 1.82) is 5.26 Å². The molecule has 1 fully saturated rings. The fourth-order valence-electron chi connectivity index (χ4n) is 3.01. The number of carbonyl (C=O) groups is 2. The molecule has 0 aliphatic carbocycles. The molecule has 2 aromatic rings. The zero-order chi connectivity index (χ0) is 20.8. The summed E-state index contributed by atoms with van der Waals surface area (Å²) >= 11 is 7.38. The van der Waals surface area contributed by atoms with Crippen LogP contribution in [0.15, 0.2) is 42.5 Å². The van der Waals surface area contributed by atoms with E-state index in [1.807, 2.05) is 12.1 Å². The minimum Gasteiger partial charge on any atom is -0.338 e. The van der Waals surface area contributed by atoms with Gasteiger partial charge in [0.1, 0.15) is 5.82 Å². The first-order valence-electron chi connectivity index (χ1n) is 9.07. The Bertz CT molecular complexity index is 938. The molecule has 1 aliphatic rings. The molecule has 0 N–H and O–H groups in total. The number of benzene rings is 2. The summed E-state index contributed by atoms with van der Waals surface area (Å²) in [4.78, 5) is 28.2. The van der Waals surface area contributed by atoms with Gasteiger partial charge in [-0.2, -0.15) is 5.26 Å². The SMILES string of the molecule is N#Cc1ccc(CSCC(=O)N2CCN(C(=O)c3cc(Cl)ccc3F)CC2)cc1. The number of thioether (sulfide) groups is 1. The van der Waals surface area contributed by atoms with Crippen LogP contribution in [0.1, 0.15) is 21.5 Å². The first-order valence-corrected chi connectivity index (χ1v) is 10.6. The van der Waals surface area contributed by atoms with E-state index in [1.165, 1.54) is 30.0 Å². The lowest BCUT2D eigenvalue weighted by Crippen LogP contribution is -2.51. The summed E-state index contributed by atoms with van der Waals surface area (Å²) in [5.41, 5.74) is 1.62. The third kappa shape index (κ3) is 5.49. The first-order chi connectivity index (χ1) is 14.0. The van der Waals surface area contributed by atoms with Crippen LogP contribution in [0.4, 0.5) is 4.39 Å². The number of nitriles is 1. The molecule has 0 spiro atoms. The van der Waals surface area contributed by atoms with Gasteiger partial charge in [0, 0.05) is 37.0 Å². The lowest BCUT2D eigenvalue weighted by Gasteiger charge is -2.34. The predicted octanol–water partition coefficient (Wildman–Crippen LogP) is 3.57. The molecular weight excluding hydrogens is 413 g/mol. The van der Waals surface area contributed by atoms with E-state index < -0.39 is 11.7 Å². The van der Waals surface area contributed by atoms with Crippen LogP contribution in [0.5, 0.6) is 0 Å². The van der Waals surface area contributed by atoms with Gasteiger partial charge in [0.15, 0.2) is 0 Å².